The van der Waals surface area contributed by atoms with Crippen LogP contribution in [0.5, 0.6) is 5.75 Å². The lowest BCUT2D eigenvalue weighted by atomic mass is 9.94. The molecule has 3 N–H and O–H groups in total. The van der Waals surface area contributed by atoms with Gasteiger partial charge in [0.05, 0.1) is 13.0 Å². The van der Waals surface area contributed by atoms with Gasteiger partial charge in [0, 0.05) is 23.7 Å². The molecule has 8 heteroatoms. The largest absolute Gasteiger partial charge is 0.496 e. The number of nitrogens with zero attached hydrogens (tertiary/aromatic N) is 1. The number of epoxide rings is 1. The number of para-hydroxylation sites is 1. The maximum absolute atomic E-state index is 12.8. The minimum Gasteiger partial charge on any atom is -0.496 e. The zero-order valence-electron chi connectivity index (χ0n) is 14.4. The minimum atomic E-state index is -0.362. The first kappa shape index (κ1) is 18.1. The van der Waals surface area contributed by atoms with Gasteiger partial charge in [-0.05, 0) is 12.5 Å². The van der Waals surface area contributed by atoms with Gasteiger partial charge in [-0.25, -0.2) is 0 Å². The Bertz CT molecular complexity index is 669. The molecule has 1 fully saturated rings. The van der Waals surface area contributed by atoms with E-state index in [0.717, 1.165) is 16.2 Å². The molecule has 0 aromatic heterocycles. The van der Waals surface area contributed by atoms with E-state index in [0.29, 0.717) is 6.42 Å². The van der Waals surface area contributed by atoms with Crippen molar-refractivity contribution in [2.45, 2.75) is 37.1 Å². The first-order chi connectivity index (χ1) is 12.1. The van der Waals surface area contributed by atoms with Gasteiger partial charge in [-0.3, -0.25) is 4.79 Å². The van der Waals surface area contributed by atoms with E-state index in [1.165, 1.54) is 11.8 Å². The molecule has 3 rings (SSSR count). The second-order valence-corrected chi connectivity index (χ2v) is 7.14. The molecular formula is C17H23N3O4S. The van der Waals surface area contributed by atoms with E-state index in [9.17, 15) is 4.79 Å². The van der Waals surface area contributed by atoms with E-state index in [1.54, 1.807) is 7.11 Å². The molecular weight excluding hydrogens is 342 g/mol. The highest BCUT2D eigenvalue weighted by Gasteiger charge is 2.45. The second kappa shape index (κ2) is 7.65. The van der Waals surface area contributed by atoms with Crippen LogP contribution in [0, 0.1) is 0 Å². The fourth-order valence-corrected chi connectivity index (χ4v) is 4.13. The molecule has 1 amide bonds. The van der Waals surface area contributed by atoms with Gasteiger partial charge in [-0.2, -0.15) is 5.48 Å². The summed E-state index contributed by atoms with van der Waals surface area (Å²) in [7, 11) is 3.51. The van der Waals surface area contributed by atoms with E-state index >= 15 is 0 Å². The van der Waals surface area contributed by atoms with Gasteiger partial charge in [0.2, 0.25) is 5.91 Å². The zero-order valence-corrected chi connectivity index (χ0v) is 15.2. The zero-order chi connectivity index (χ0) is 18.0. The monoisotopic (exact) mass is 365 g/mol. The number of amides is 1. The predicted molar refractivity (Wildman–Crippen MR) is 95.0 cm³/mol. The highest BCUT2D eigenvalue weighted by molar-refractivity contribution is 8.03. The Morgan fingerprint density at radius 3 is 2.88 bits per heavy atom. The quantitative estimate of drug-likeness (QED) is 0.502. The number of carbonyl (C=O) groups excluding carboxylic acids is 1. The lowest BCUT2D eigenvalue weighted by Crippen LogP contribution is -2.42. The molecule has 136 valence electrons. The van der Waals surface area contributed by atoms with Crippen molar-refractivity contribution in [1.82, 2.24) is 15.7 Å². The van der Waals surface area contributed by atoms with Gasteiger partial charge < -0.3 is 24.9 Å². The molecule has 7 nitrogen and oxygen atoms in total. The molecule has 1 saturated heterocycles. The molecule has 2 aliphatic heterocycles. The smallest absolute Gasteiger partial charge is 0.229 e. The van der Waals surface area contributed by atoms with Crippen molar-refractivity contribution in [2.24, 2.45) is 0 Å². The third kappa shape index (κ3) is 3.77. The van der Waals surface area contributed by atoms with Crippen LogP contribution in [0.2, 0.25) is 0 Å². The fraction of sp³-hybridized carbons (Fsp3) is 0.471. The van der Waals surface area contributed by atoms with Crippen LogP contribution in [0.25, 0.3) is 0 Å². The highest BCUT2D eigenvalue weighted by Crippen LogP contribution is 2.41. The van der Waals surface area contributed by atoms with Gasteiger partial charge in [0.15, 0.2) is 11.7 Å². The maximum atomic E-state index is 12.8. The van der Waals surface area contributed by atoms with E-state index in [1.807, 2.05) is 49.3 Å². The van der Waals surface area contributed by atoms with Crippen LogP contribution in [0.3, 0.4) is 0 Å². The first-order valence-electron chi connectivity index (χ1n) is 8.17. The van der Waals surface area contributed by atoms with E-state index in [-0.39, 0.29) is 29.7 Å². The standard InChI is InChI=1S/C17H23N3O4S/c1-4-10(11-7-5-6-8-12(11)23-3)15(21)18-17-20(2)9-13(25-17)14-16(19-22)24-14/h5-10,14,16-17,19,22H,4H2,1-3H3,(H,18,21). The summed E-state index contributed by atoms with van der Waals surface area (Å²) in [5.74, 6) is 0.400. The lowest BCUT2D eigenvalue weighted by Gasteiger charge is -2.24. The molecule has 0 aliphatic carbocycles. The number of hydrogen-bond donors (Lipinski definition) is 3. The molecule has 0 saturated carbocycles. The van der Waals surface area contributed by atoms with Crippen molar-refractivity contribution in [3.63, 3.8) is 0 Å². The van der Waals surface area contributed by atoms with Crippen molar-refractivity contribution >= 4 is 17.7 Å². The number of nitrogens with one attached hydrogen (secondary N) is 2. The van der Waals surface area contributed by atoms with E-state index in [2.05, 4.69) is 10.8 Å². The number of benzene rings is 1. The normalized spacial score (nSPS) is 26.2. The SMILES string of the molecule is CCC(C(=O)NC1SC(C2OC2NO)=CN1C)c1ccccc1OC. The van der Waals surface area contributed by atoms with E-state index < -0.39 is 0 Å². The molecule has 2 aliphatic rings. The number of methoxy groups -OCH3 is 1. The second-order valence-electron chi connectivity index (χ2n) is 5.98. The molecule has 0 spiro atoms. The summed E-state index contributed by atoms with van der Waals surface area (Å²) in [5, 5.41) is 12.0. The third-order valence-electron chi connectivity index (χ3n) is 4.35. The van der Waals surface area contributed by atoms with Crippen LogP contribution >= 0.6 is 11.8 Å². The molecule has 0 radical (unpaired) electrons. The summed E-state index contributed by atoms with van der Waals surface area (Å²) in [6.07, 6.45) is 2.09. The predicted octanol–water partition coefficient (Wildman–Crippen LogP) is 1.81. The van der Waals surface area contributed by atoms with Crippen LogP contribution < -0.4 is 15.5 Å². The number of hydroxylamine groups is 1. The summed E-state index contributed by atoms with van der Waals surface area (Å²) in [6, 6.07) is 7.60. The van der Waals surface area contributed by atoms with Gasteiger partial charge in [0.25, 0.3) is 0 Å². The number of thioether (sulfide) groups is 1. The number of carbonyl (C=O) groups is 1. The lowest BCUT2D eigenvalue weighted by molar-refractivity contribution is -0.123. The van der Waals surface area contributed by atoms with Crippen LogP contribution in [0.4, 0.5) is 0 Å². The van der Waals surface area contributed by atoms with Crippen LogP contribution in [0.15, 0.2) is 35.4 Å². The number of hydrogen-bond acceptors (Lipinski definition) is 7. The molecule has 4 atom stereocenters. The van der Waals surface area contributed by atoms with Gasteiger partial charge in [-0.1, -0.05) is 36.9 Å². The average Bonchev–Trinajstić information content (AvgIpc) is 3.33. The molecule has 0 bridgehead atoms. The average molecular weight is 365 g/mol. The van der Waals surface area contributed by atoms with Gasteiger partial charge >= 0.3 is 0 Å². The van der Waals surface area contributed by atoms with Crippen molar-refractivity contribution in [3.05, 3.63) is 40.9 Å². The number of rotatable bonds is 7. The molecule has 1 aromatic carbocycles. The summed E-state index contributed by atoms with van der Waals surface area (Å²) in [6.45, 7) is 1.99. The minimum absolute atomic E-state index is 0.0421. The Balaban J connectivity index is 1.65. The van der Waals surface area contributed by atoms with Crippen LogP contribution in [0.1, 0.15) is 24.8 Å². The molecule has 2 heterocycles. The Labute approximate surface area is 151 Å². The van der Waals surface area contributed by atoms with Crippen molar-refractivity contribution < 1.29 is 19.5 Å². The van der Waals surface area contributed by atoms with Crippen molar-refractivity contribution in [2.75, 3.05) is 14.2 Å². The van der Waals surface area contributed by atoms with Crippen LogP contribution in [-0.2, 0) is 9.53 Å². The Kier molecular flexibility index (Phi) is 5.53. The fourth-order valence-electron chi connectivity index (χ4n) is 2.93. The first-order valence-corrected chi connectivity index (χ1v) is 9.05. The topological polar surface area (TPSA) is 86.4 Å². The molecule has 25 heavy (non-hydrogen) atoms. The maximum Gasteiger partial charge on any atom is 0.229 e. The summed E-state index contributed by atoms with van der Waals surface area (Å²) < 4.78 is 10.7. The van der Waals surface area contributed by atoms with Gasteiger partial charge in [-0.15, -0.1) is 0 Å². The Morgan fingerprint density at radius 2 is 2.24 bits per heavy atom. The summed E-state index contributed by atoms with van der Waals surface area (Å²) >= 11 is 1.52. The Hall–Kier alpha value is -1.74. The van der Waals surface area contributed by atoms with Crippen LogP contribution in [-0.4, -0.2) is 48.0 Å². The summed E-state index contributed by atoms with van der Waals surface area (Å²) in [4.78, 5) is 15.8. The summed E-state index contributed by atoms with van der Waals surface area (Å²) in [5.41, 5.74) is 2.79. The Morgan fingerprint density at radius 1 is 1.48 bits per heavy atom. The molecule has 4 unspecified atom stereocenters. The number of ether oxygens (including phenoxy) is 2. The van der Waals surface area contributed by atoms with Gasteiger partial charge in [0.1, 0.15) is 11.9 Å². The third-order valence-corrected chi connectivity index (χ3v) is 5.64. The van der Waals surface area contributed by atoms with Crippen molar-refractivity contribution in [3.8, 4) is 5.75 Å². The highest BCUT2D eigenvalue weighted by atomic mass is 32.2. The van der Waals surface area contributed by atoms with E-state index in [4.69, 9.17) is 14.7 Å². The molecule has 1 aromatic rings. The van der Waals surface area contributed by atoms with Crippen molar-refractivity contribution in [1.29, 1.82) is 0 Å².